The Morgan fingerprint density at radius 3 is 1.64 bits per heavy atom. The van der Waals surface area contributed by atoms with Crippen molar-refractivity contribution in [2.24, 2.45) is 0 Å². The largest absolute Gasteiger partial charge is 0.363 e. The third kappa shape index (κ3) is 2.15. The maximum atomic E-state index is 5.64. The molecule has 1 heterocycles. The fourth-order valence-corrected chi connectivity index (χ4v) is 1.93. The van der Waals surface area contributed by atoms with E-state index in [1.807, 2.05) is 20.8 Å². The van der Waals surface area contributed by atoms with E-state index in [4.69, 9.17) is 39.5 Å². The van der Waals surface area contributed by atoms with Crippen molar-refractivity contribution in [3.63, 3.8) is 0 Å². The van der Waals surface area contributed by atoms with E-state index in [0.717, 1.165) is 0 Å². The van der Waals surface area contributed by atoms with Crippen molar-refractivity contribution in [2.75, 3.05) is 0 Å². The van der Waals surface area contributed by atoms with Crippen LogP contribution in [-0.4, -0.2) is 15.0 Å². The quantitative estimate of drug-likeness (QED) is 0.485. The van der Waals surface area contributed by atoms with Crippen molar-refractivity contribution in [3.8, 4) is 0 Å². The summed E-state index contributed by atoms with van der Waals surface area (Å²) in [4.78, 5) is 0. The van der Waals surface area contributed by atoms with Gasteiger partial charge in [0.2, 0.25) is 0 Å². The summed E-state index contributed by atoms with van der Waals surface area (Å²) in [5.41, 5.74) is -0.408. The zero-order valence-corrected chi connectivity index (χ0v) is 9.02. The van der Waals surface area contributed by atoms with Crippen LogP contribution >= 0.6 is 34.8 Å². The summed E-state index contributed by atoms with van der Waals surface area (Å²) in [6.45, 7) is 5.93. The minimum Gasteiger partial charge on any atom is -0.363 e. The van der Waals surface area contributed by atoms with Gasteiger partial charge in [-0.05, 0) is 20.8 Å². The van der Waals surface area contributed by atoms with E-state index in [1.165, 1.54) is 0 Å². The molecule has 0 saturated carbocycles. The molecular formula is C7H11Cl3O. The average molecular weight is 218 g/mol. The molecule has 1 aliphatic heterocycles. The van der Waals surface area contributed by atoms with Crippen LogP contribution in [0.1, 0.15) is 27.2 Å². The van der Waals surface area contributed by atoms with Gasteiger partial charge in [0.1, 0.15) is 0 Å². The summed E-state index contributed by atoms with van der Waals surface area (Å²) >= 11 is 16.9. The number of ether oxygens (including phenoxy) is 1. The van der Waals surface area contributed by atoms with Crippen molar-refractivity contribution >= 4 is 34.8 Å². The molecule has 0 bridgehead atoms. The molecule has 1 atom stereocenters. The predicted molar refractivity (Wildman–Crippen MR) is 48.5 cm³/mol. The van der Waals surface area contributed by atoms with E-state index in [-0.39, 0.29) is 11.2 Å². The van der Waals surface area contributed by atoms with Crippen LogP contribution in [0.3, 0.4) is 0 Å². The van der Waals surface area contributed by atoms with Crippen LogP contribution < -0.4 is 0 Å². The Bertz CT molecular complexity index is 173. The summed E-state index contributed by atoms with van der Waals surface area (Å²) in [7, 11) is 0. The molecule has 1 unspecified atom stereocenters. The van der Waals surface area contributed by atoms with Gasteiger partial charge in [0.05, 0.1) is 11.2 Å². The first kappa shape index (κ1) is 9.91. The topological polar surface area (TPSA) is 12.5 Å². The van der Waals surface area contributed by atoms with Crippen LogP contribution in [-0.2, 0) is 4.74 Å². The second kappa shape index (κ2) is 2.41. The molecule has 66 valence electrons. The first-order valence-corrected chi connectivity index (χ1v) is 4.57. The van der Waals surface area contributed by atoms with Crippen LogP contribution in [0.25, 0.3) is 0 Å². The zero-order valence-electron chi connectivity index (χ0n) is 6.75. The number of epoxide rings is 1. The molecule has 0 amide bonds. The van der Waals surface area contributed by atoms with Crippen molar-refractivity contribution in [3.05, 3.63) is 0 Å². The molecule has 0 aromatic heterocycles. The number of alkyl halides is 3. The summed E-state index contributed by atoms with van der Waals surface area (Å²) in [5, 5.41) is 0. The molecule has 4 heteroatoms. The molecule has 0 aromatic rings. The Hall–Kier alpha value is 0.830. The maximum Gasteiger partial charge on any atom is 0.193 e. The van der Waals surface area contributed by atoms with Gasteiger partial charge in [0, 0.05) is 6.42 Å². The van der Waals surface area contributed by atoms with Gasteiger partial charge < -0.3 is 4.74 Å². The number of hydrogen-bond donors (Lipinski definition) is 0. The van der Waals surface area contributed by atoms with Crippen LogP contribution in [0.5, 0.6) is 0 Å². The Morgan fingerprint density at radius 2 is 1.55 bits per heavy atom. The van der Waals surface area contributed by atoms with Crippen molar-refractivity contribution in [1.82, 2.24) is 0 Å². The molecule has 1 aliphatic rings. The highest BCUT2D eigenvalue weighted by Crippen LogP contribution is 2.54. The number of hydrogen-bond acceptors (Lipinski definition) is 1. The van der Waals surface area contributed by atoms with Gasteiger partial charge in [-0.3, -0.25) is 0 Å². The molecule has 0 N–H and O–H groups in total. The summed E-state index contributed by atoms with van der Waals surface area (Å²) in [6, 6.07) is 0. The fourth-order valence-electron chi connectivity index (χ4n) is 1.17. The van der Waals surface area contributed by atoms with Gasteiger partial charge in [-0.1, -0.05) is 34.8 Å². The number of rotatable bonds is 1. The van der Waals surface area contributed by atoms with E-state index < -0.39 is 3.79 Å². The monoisotopic (exact) mass is 216 g/mol. The maximum absolute atomic E-state index is 5.64. The van der Waals surface area contributed by atoms with Crippen molar-refractivity contribution in [1.29, 1.82) is 0 Å². The van der Waals surface area contributed by atoms with Gasteiger partial charge in [0.15, 0.2) is 3.79 Å². The molecular weight excluding hydrogens is 206 g/mol. The van der Waals surface area contributed by atoms with Crippen LogP contribution in [0.15, 0.2) is 0 Å². The van der Waals surface area contributed by atoms with Gasteiger partial charge in [-0.25, -0.2) is 0 Å². The molecule has 0 aromatic carbocycles. The van der Waals surface area contributed by atoms with Crippen LogP contribution in [0.4, 0.5) is 0 Å². The molecule has 1 saturated heterocycles. The lowest BCUT2D eigenvalue weighted by atomic mass is 9.95. The van der Waals surface area contributed by atoms with Crippen molar-refractivity contribution in [2.45, 2.75) is 42.2 Å². The first-order chi connectivity index (χ1) is 4.66. The highest BCUT2D eigenvalue weighted by Gasteiger charge is 2.62. The lowest BCUT2D eigenvalue weighted by molar-refractivity contribution is 0.278. The van der Waals surface area contributed by atoms with Gasteiger partial charge in [0.25, 0.3) is 0 Å². The highest BCUT2D eigenvalue weighted by atomic mass is 35.6. The Balaban J connectivity index is 2.54. The van der Waals surface area contributed by atoms with E-state index in [2.05, 4.69) is 0 Å². The summed E-state index contributed by atoms with van der Waals surface area (Å²) in [6.07, 6.45) is 0.442. The molecule has 0 radical (unpaired) electrons. The Kier molecular flexibility index (Phi) is 2.17. The Labute approximate surface area is 81.9 Å². The lowest BCUT2D eigenvalue weighted by Crippen LogP contribution is -2.23. The lowest BCUT2D eigenvalue weighted by Gasteiger charge is -2.15. The minimum atomic E-state index is -1.21. The van der Waals surface area contributed by atoms with Crippen LogP contribution in [0.2, 0.25) is 0 Å². The SMILES string of the molecule is CC1(C)OC1(C)CC(Cl)(Cl)Cl. The molecule has 0 spiro atoms. The standard InChI is InChI=1S/C7H11Cl3O/c1-5(2)6(3,11-5)4-7(8,9)10/h4H2,1-3H3. The van der Waals surface area contributed by atoms with E-state index in [1.54, 1.807) is 0 Å². The number of halogens is 3. The van der Waals surface area contributed by atoms with E-state index >= 15 is 0 Å². The van der Waals surface area contributed by atoms with Gasteiger partial charge >= 0.3 is 0 Å². The van der Waals surface area contributed by atoms with E-state index in [0.29, 0.717) is 6.42 Å². The van der Waals surface area contributed by atoms with Crippen molar-refractivity contribution < 1.29 is 4.74 Å². The molecule has 1 rings (SSSR count). The zero-order chi connectivity index (χ0) is 8.91. The third-order valence-corrected chi connectivity index (χ3v) is 2.65. The molecule has 0 aliphatic carbocycles. The molecule has 1 nitrogen and oxygen atoms in total. The highest BCUT2D eigenvalue weighted by molar-refractivity contribution is 6.67. The van der Waals surface area contributed by atoms with Crippen LogP contribution in [0, 0.1) is 0 Å². The average Bonchev–Trinajstić information content (AvgIpc) is 1.96. The van der Waals surface area contributed by atoms with Gasteiger partial charge in [-0.15, -0.1) is 0 Å². The third-order valence-electron chi connectivity index (χ3n) is 2.25. The normalized spacial score (nSPS) is 35.5. The van der Waals surface area contributed by atoms with Gasteiger partial charge in [-0.2, -0.15) is 0 Å². The first-order valence-electron chi connectivity index (χ1n) is 3.43. The summed E-state index contributed by atoms with van der Waals surface area (Å²) in [5.74, 6) is 0. The predicted octanol–water partition coefficient (Wildman–Crippen LogP) is 3.31. The smallest absolute Gasteiger partial charge is 0.193 e. The summed E-state index contributed by atoms with van der Waals surface area (Å²) < 4.78 is 4.21. The fraction of sp³-hybridized carbons (Fsp3) is 1.00. The molecule has 11 heavy (non-hydrogen) atoms. The Morgan fingerprint density at radius 1 is 1.18 bits per heavy atom. The second-order valence-electron chi connectivity index (χ2n) is 3.64. The second-order valence-corrected chi connectivity index (χ2v) is 6.15. The minimum absolute atomic E-state index is 0.142. The molecule has 1 fully saturated rings. The van der Waals surface area contributed by atoms with E-state index in [9.17, 15) is 0 Å².